The van der Waals surface area contributed by atoms with Crippen molar-refractivity contribution >= 4 is 74.9 Å². The maximum absolute atomic E-state index is 5.24. The van der Waals surface area contributed by atoms with E-state index in [9.17, 15) is 0 Å². The zero-order valence-corrected chi connectivity index (χ0v) is 28.9. The fraction of sp³-hybridized carbons (Fsp3) is 0. The first-order valence-electron chi connectivity index (χ1n) is 17.7. The summed E-state index contributed by atoms with van der Waals surface area (Å²) in [5.74, 6) is 0. The highest BCUT2D eigenvalue weighted by Crippen LogP contribution is 2.41. The molecule has 0 bridgehead atoms. The average molecular weight is 679 g/mol. The van der Waals surface area contributed by atoms with Gasteiger partial charge in [-0.25, -0.2) is 4.98 Å². The van der Waals surface area contributed by atoms with E-state index in [0.717, 1.165) is 39.3 Å². The SMILES string of the molecule is c1ccc(-c2cc(-c3ccc(-n4c5ccc6ccccc6c5c5c6ccccc6ccc54)cc3)cc(-c3ccc4c(c3)sc3ccccc34)n2)cc1. The number of pyridine rings is 1. The molecule has 242 valence electrons. The molecule has 8 aromatic carbocycles. The molecule has 0 radical (unpaired) electrons. The van der Waals surface area contributed by atoms with Crippen LogP contribution >= 0.6 is 11.3 Å². The van der Waals surface area contributed by atoms with Crippen LogP contribution in [0.2, 0.25) is 0 Å². The van der Waals surface area contributed by atoms with Crippen molar-refractivity contribution in [2.24, 2.45) is 0 Å². The zero-order chi connectivity index (χ0) is 34.2. The molecule has 0 spiro atoms. The minimum absolute atomic E-state index is 0.967. The molecule has 0 saturated heterocycles. The molecule has 0 aliphatic carbocycles. The van der Waals surface area contributed by atoms with Crippen molar-refractivity contribution in [2.75, 3.05) is 0 Å². The van der Waals surface area contributed by atoms with Crippen LogP contribution in [0.15, 0.2) is 182 Å². The summed E-state index contributed by atoms with van der Waals surface area (Å²) in [6.45, 7) is 0. The number of aromatic nitrogens is 2. The van der Waals surface area contributed by atoms with Crippen LogP contribution in [0.1, 0.15) is 0 Å². The smallest absolute Gasteiger partial charge is 0.0716 e. The van der Waals surface area contributed by atoms with Gasteiger partial charge in [-0.2, -0.15) is 0 Å². The van der Waals surface area contributed by atoms with E-state index in [-0.39, 0.29) is 0 Å². The van der Waals surface area contributed by atoms with E-state index < -0.39 is 0 Å². The summed E-state index contributed by atoms with van der Waals surface area (Å²) in [7, 11) is 0. The van der Waals surface area contributed by atoms with Gasteiger partial charge in [0.2, 0.25) is 0 Å². The van der Waals surface area contributed by atoms with Gasteiger partial charge in [-0.05, 0) is 81.2 Å². The van der Waals surface area contributed by atoms with Crippen LogP contribution in [0.5, 0.6) is 0 Å². The highest BCUT2D eigenvalue weighted by Gasteiger charge is 2.18. The summed E-state index contributed by atoms with van der Waals surface area (Å²) >= 11 is 1.84. The van der Waals surface area contributed by atoms with Gasteiger partial charge in [-0.1, -0.05) is 133 Å². The molecule has 2 nitrogen and oxygen atoms in total. The molecular formula is C49H30N2S. The molecule has 0 unspecified atom stereocenters. The van der Waals surface area contributed by atoms with Gasteiger partial charge in [-0.15, -0.1) is 11.3 Å². The van der Waals surface area contributed by atoms with Gasteiger partial charge in [-0.3, -0.25) is 0 Å². The summed E-state index contributed by atoms with van der Waals surface area (Å²) in [4.78, 5) is 5.24. The number of hydrogen-bond acceptors (Lipinski definition) is 2. The number of fused-ring (bicyclic) bond motifs is 10. The van der Waals surface area contributed by atoms with E-state index in [0.29, 0.717) is 0 Å². The normalized spacial score (nSPS) is 11.8. The van der Waals surface area contributed by atoms with Gasteiger partial charge in [0.1, 0.15) is 0 Å². The van der Waals surface area contributed by atoms with Gasteiger partial charge < -0.3 is 4.57 Å². The van der Waals surface area contributed by atoms with Gasteiger partial charge in [0.05, 0.1) is 22.4 Å². The monoisotopic (exact) mass is 678 g/mol. The fourth-order valence-electron chi connectivity index (χ4n) is 8.12. The molecule has 3 heterocycles. The second-order valence-electron chi connectivity index (χ2n) is 13.5. The highest BCUT2D eigenvalue weighted by molar-refractivity contribution is 7.25. The third-order valence-electron chi connectivity index (χ3n) is 10.6. The van der Waals surface area contributed by atoms with Gasteiger partial charge in [0, 0.05) is 47.8 Å². The molecule has 3 heteroatoms. The zero-order valence-electron chi connectivity index (χ0n) is 28.1. The van der Waals surface area contributed by atoms with Crippen LogP contribution in [0.4, 0.5) is 0 Å². The maximum Gasteiger partial charge on any atom is 0.0716 e. The van der Waals surface area contributed by atoms with Crippen LogP contribution in [0.3, 0.4) is 0 Å². The Morgan fingerprint density at radius 3 is 1.62 bits per heavy atom. The summed E-state index contributed by atoms with van der Waals surface area (Å²) < 4.78 is 5.02. The first kappa shape index (κ1) is 29.2. The summed E-state index contributed by atoms with van der Waals surface area (Å²) in [6, 6.07) is 66.1. The maximum atomic E-state index is 5.24. The third kappa shape index (κ3) is 4.53. The van der Waals surface area contributed by atoms with Crippen LogP contribution in [-0.2, 0) is 0 Å². The predicted molar refractivity (Wildman–Crippen MR) is 223 cm³/mol. The fourth-order valence-corrected chi connectivity index (χ4v) is 9.26. The Labute approximate surface area is 304 Å². The molecule has 0 atom stereocenters. The van der Waals surface area contributed by atoms with Crippen LogP contribution in [0, 0.1) is 0 Å². The molecular weight excluding hydrogens is 649 g/mol. The molecule has 11 aromatic rings. The molecule has 52 heavy (non-hydrogen) atoms. The Hall–Kier alpha value is -6.55. The largest absolute Gasteiger partial charge is 0.309 e. The van der Waals surface area contributed by atoms with Crippen LogP contribution in [-0.4, -0.2) is 9.55 Å². The summed E-state index contributed by atoms with van der Waals surface area (Å²) in [5, 5.41) is 10.3. The number of hydrogen-bond donors (Lipinski definition) is 0. The van der Waals surface area contributed by atoms with Gasteiger partial charge in [0.15, 0.2) is 0 Å². The topological polar surface area (TPSA) is 17.8 Å². The molecule has 0 N–H and O–H groups in total. The van der Waals surface area contributed by atoms with E-state index in [1.807, 2.05) is 11.3 Å². The Morgan fingerprint density at radius 2 is 0.923 bits per heavy atom. The molecule has 0 amide bonds. The number of rotatable bonds is 4. The molecule has 0 saturated carbocycles. The van der Waals surface area contributed by atoms with E-state index in [1.54, 1.807) is 0 Å². The summed E-state index contributed by atoms with van der Waals surface area (Å²) in [6.07, 6.45) is 0. The summed E-state index contributed by atoms with van der Waals surface area (Å²) in [5.41, 5.74) is 10.0. The minimum atomic E-state index is 0.967. The lowest BCUT2D eigenvalue weighted by atomic mass is 9.99. The number of nitrogens with zero attached hydrogens (tertiary/aromatic N) is 2. The first-order chi connectivity index (χ1) is 25.8. The molecule has 11 rings (SSSR count). The quantitative estimate of drug-likeness (QED) is 0.181. The second-order valence-corrected chi connectivity index (χ2v) is 14.6. The van der Waals surface area contributed by atoms with E-state index >= 15 is 0 Å². The lowest BCUT2D eigenvalue weighted by Crippen LogP contribution is -1.94. The molecule has 3 aromatic heterocycles. The highest BCUT2D eigenvalue weighted by atomic mass is 32.1. The molecule has 0 fully saturated rings. The van der Waals surface area contributed by atoms with Crippen LogP contribution < -0.4 is 0 Å². The second kappa shape index (κ2) is 11.5. The van der Waals surface area contributed by atoms with Gasteiger partial charge in [0.25, 0.3) is 0 Å². The van der Waals surface area contributed by atoms with Crippen molar-refractivity contribution in [2.45, 2.75) is 0 Å². The Balaban J connectivity index is 1.08. The van der Waals surface area contributed by atoms with Crippen molar-refractivity contribution in [1.82, 2.24) is 9.55 Å². The standard InChI is InChI=1S/C49H30N2S/c1-2-12-34(13-3-1)42-28-36(29-43(50-42)35-20-25-41-40-16-8-9-17-46(40)52-47(41)30-35)31-18-23-37(24-19-31)51-44-26-21-32-10-4-6-14-38(32)48(44)49-39-15-7-5-11-33(39)22-27-45(49)51/h1-30H. The lowest BCUT2D eigenvalue weighted by Gasteiger charge is -2.12. The minimum Gasteiger partial charge on any atom is -0.309 e. The van der Waals surface area contributed by atoms with Crippen molar-refractivity contribution in [1.29, 1.82) is 0 Å². The van der Waals surface area contributed by atoms with Crippen LogP contribution in [0.25, 0.3) is 103 Å². The number of thiophene rings is 1. The van der Waals surface area contributed by atoms with E-state index in [4.69, 9.17) is 4.98 Å². The Morgan fingerprint density at radius 1 is 0.365 bits per heavy atom. The van der Waals surface area contributed by atoms with Crippen molar-refractivity contribution in [3.63, 3.8) is 0 Å². The van der Waals surface area contributed by atoms with E-state index in [2.05, 4.69) is 187 Å². The Bertz CT molecular complexity index is 3080. The molecule has 0 aliphatic heterocycles. The molecule has 0 aliphatic rings. The van der Waals surface area contributed by atoms with E-state index in [1.165, 1.54) is 63.5 Å². The predicted octanol–water partition coefficient (Wildman–Crippen LogP) is 13.9. The number of benzene rings is 8. The van der Waals surface area contributed by atoms with Crippen molar-refractivity contribution in [3.05, 3.63) is 182 Å². The third-order valence-corrected chi connectivity index (χ3v) is 11.7. The Kier molecular flexibility index (Phi) is 6.46. The first-order valence-corrected chi connectivity index (χ1v) is 18.5. The average Bonchev–Trinajstić information content (AvgIpc) is 3.77. The van der Waals surface area contributed by atoms with Crippen molar-refractivity contribution in [3.8, 4) is 39.3 Å². The van der Waals surface area contributed by atoms with Gasteiger partial charge >= 0.3 is 0 Å². The lowest BCUT2D eigenvalue weighted by molar-refractivity contribution is 1.18. The van der Waals surface area contributed by atoms with Crippen molar-refractivity contribution < 1.29 is 0 Å².